The van der Waals surface area contributed by atoms with Crippen LogP contribution in [0.3, 0.4) is 0 Å². The van der Waals surface area contributed by atoms with Crippen molar-refractivity contribution in [3.8, 4) is 0 Å². The molecule has 0 bridgehead atoms. The van der Waals surface area contributed by atoms with Crippen LogP contribution in [-0.4, -0.2) is 11.9 Å². The van der Waals surface area contributed by atoms with Crippen LogP contribution in [0.25, 0.3) is 0 Å². The van der Waals surface area contributed by atoms with E-state index >= 15 is 0 Å². The Morgan fingerprint density at radius 1 is 1.32 bits per heavy atom. The van der Waals surface area contributed by atoms with Crippen LogP contribution < -0.4 is 11.1 Å². The van der Waals surface area contributed by atoms with Gasteiger partial charge in [0.2, 0.25) is 0 Å². The van der Waals surface area contributed by atoms with E-state index in [4.69, 9.17) is 5.73 Å². The summed E-state index contributed by atoms with van der Waals surface area (Å²) in [4.78, 5) is 12.4. The van der Waals surface area contributed by atoms with Gasteiger partial charge in [-0.2, -0.15) is 0 Å². The zero-order chi connectivity index (χ0) is 14.2. The summed E-state index contributed by atoms with van der Waals surface area (Å²) < 4.78 is 0. The lowest BCUT2D eigenvalue weighted by atomic mass is 9.87. The smallest absolute Gasteiger partial charge is 0.251 e. The lowest BCUT2D eigenvalue weighted by molar-refractivity contribution is 0.0909. The van der Waals surface area contributed by atoms with Gasteiger partial charge in [0.1, 0.15) is 0 Å². The second-order valence-corrected chi connectivity index (χ2v) is 6.43. The molecule has 19 heavy (non-hydrogen) atoms. The van der Waals surface area contributed by atoms with Gasteiger partial charge in [0, 0.05) is 17.3 Å². The summed E-state index contributed by atoms with van der Waals surface area (Å²) in [6.07, 6.45) is 3.43. The Hall–Kier alpha value is -1.51. The summed E-state index contributed by atoms with van der Waals surface area (Å²) in [5, 5.41) is 3.18. The highest BCUT2D eigenvalue weighted by molar-refractivity contribution is 5.97. The highest BCUT2D eigenvalue weighted by Crippen LogP contribution is 2.37. The number of amides is 1. The van der Waals surface area contributed by atoms with E-state index in [9.17, 15) is 4.79 Å². The Balaban J connectivity index is 2.19. The van der Waals surface area contributed by atoms with Crippen LogP contribution in [0, 0.1) is 19.3 Å². The summed E-state index contributed by atoms with van der Waals surface area (Å²) in [6.45, 7) is 8.37. The number of carbonyl (C=O) groups is 1. The molecule has 3 heteroatoms. The number of carbonyl (C=O) groups excluding carboxylic acids is 1. The topological polar surface area (TPSA) is 55.1 Å². The number of anilines is 1. The highest BCUT2D eigenvalue weighted by atomic mass is 16.1. The summed E-state index contributed by atoms with van der Waals surface area (Å²) >= 11 is 0. The van der Waals surface area contributed by atoms with Gasteiger partial charge in [-0.25, -0.2) is 0 Å². The molecule has 1 atom stereocenters. The minimum atomic E-state index is 0.00387. The minimum absolute atomic E-state index is 0.00387. The molecule has 1 fully saturated rings. The Labute approximate surface area is 115 Å². The van der Waals surface area contributed by atoms with Crippen LogP contribution >= 0.6 is 0 Å². The molecule has 1 aromatic rings. The standard InChI is InChI=1S/C16H24N2O/c1-10-8-11(2)13(17)9-12(10)15(19)18-14-6-5-7-16(14,3)4/h8-9,14H,5-7,17H2,1-4H3,(H,18,19). The Bertz CT molecular complexity index is 506. The van der Waals surface area contributed by atoms with Crippen molar-refractivity contribution in [3.63, 3.8) is 0 Å². The maximum Gasteiger partial charge on any atom is 0.251 e. The first-order chi connectivity index (χ1) is 8.81. The largest absolute Gasteiger partial charge is 0.398 e. The van der Waals surface area contributed by atoms with E-state index in [1.807, 2.05) is 19.9 Å². The molecule has 1 aliphatic carbocycles. The van der Waals surface area contributed by atoms with E-state index in [0.717, 1.165) is 17.5 Å². The number of hydrogen-bond acceptors (Lipinski definition) is 2. The third-order valence-corrected chi connectivity index (χ3v) is 4.42. The fourth-order valence-corrected chi connectivity index (χ4v) is 2.94. The number of hydrogen-bond donors (Lipinski definition) is 2. The molecule has 1 aliphatic rings. The predicted octanol–water partition coefficient (Wildman–Crippen LogP) is 3.19. The maximum absolute atomic E-state index is 12.4. The number of nitrogen functional groups attached to an aromatic ring is 1. The molecule has 3 nitrogen and oxygen atoms in total. The minimum Gasteiger partial charge on any atom is -0.398 e. The van der Waals surface area contributed by atoms with Gasteiger partial charge in [-0.3, -0.25) is 4.79 Å². The molecule has 0 spiro atoms. The lowest BCUT2D eigenvalue weighted by Crippen LogP contribution is -2.41. The van der Waals surface area contributed by atoms with Crippen molar-refractivity contribution in [1.29, 1.82) is 0 Å². The second-order valence-electron chi connectivity index (χ2n) is 6.43. The number of rotatable bonds is 2. The molecular weight excluding hydrogens is 236 g/mol. The first-order valence-corrected chi connectivity index (χ1v) is 6.99. The van der Waals surface area contributed by atoms with Gasteiger partial charge >= 0.3 is 0 Å². The van der Waals surface area contributed by atoms with Gasteiger partial charge in [0.25, 0.3) is 5.91 Å². The summed E-state index contributed by atoms with van der Waals surface area (Å²) in [5.41, 5.74) is 9.49. The SMILES string of the molecule is Cc1cc(C)c(C(=O)NC2CCCC2(C)C)cc1N. The fourth-order valence-electron chi connectivity index (χ4n) is 2.94. The Kier molecular flexibility index (Phi) is 3.57. The van der Waals surface area contributed by atoms with E-state index in [0.29, 0.717) is 11.3 Å². The van der Waals surface area contributed by atoms with Crippen LogP contribution in [0.2, 0.25) is 0 Å². The summed E-state index contributed by atoms with van der Waals surface area (Å²) in [5.74, 6) is 0.00387. The van der Waals surface area contributed by atoms with Crippen molar-refractivity contribution in [2.75, 3.05) is 5.73 Å². The van der Waals surface area contributed by atoms with Crippen LogP contribution in [0.15, 0.2) is 12.1 Å². The zero-order valence-electron chi connectivity index (χ0n) is 12.3. The van der Waals surface area contributed by atoms with Gasteiger partial charge in [0.15, 0.2) is 0 Å². The van der Waals surface area contributed by atoms with Gasteiger partial charge in [-0.15, -0.1) is 0 Å². The van der Waals surface area contributed by atoms with Crippen molar-refractivity contribution < 1.29 is 4.79 Å². The van der Waals surface area contributed by atoms with Crippen molar-refractivity contribution in [3.05, 3.63) is 28.8 Å². The molecule has 1 aromatic carbocycles. The van der Waals surface area contributed by atoms with Crippen molar-refractivity contribution in [2.24, 2.45) is 5.41 Å². The van der Waals surface area contributed by atoms with Gasteiger partial charge < -0.3 is 11.1 Å². The average Bonchev–Trinajstić information content (AvgIpc) is 2.63. The van der Waals surface area contributed by atoms with Crippen molar-refractivity contribution >= 4 is 11.6 Å². The number of nitrogens with one attached hydrogen (secondary N) is 1. The first-order valence-electron chi connectivity index (χ1n) is 6.99. The molecule has 104 valence electrons. The van der Waals surface area contributed by atoms with Crippen LogP contribution in [-0.2, 0) is 0 Å². The monoisotopic (exact) mass is 260 g/mol. The molecule has 0 aliphatic heterocycles. The molecule has 0 radical (unpaired) electrons. The molecule has 0 saturated heterocycles. The molecule has 2 rings (SSSR count). The van der Waals surface area contributed by atoms with Crippen molar-refractivity contribution in [2.45, 2.75) is 53.0 Å². The maximum atomic E-state index is 12.4. The van der Waals surface area contributed by atoms with Gasteiger partial charge in [0.05, 0.1) is 0 Å². The third-order valence-electron chi connectivity index (χ3n) is 4.42. The zero-order valence-corrected chi connectivity index (χ0v) is 12.3. The van der Waals surface area contributed by atoms with E-state index in [2.05, 4.69) is 19.2 Å². The Morgan fingerprint density at radius 3 is 2.58 bits per heavy atom. The molecule has 1 saturated carbocycles. The number of aryl methyl sites for hydroxylation is 2. The Morgan fingerprint density at radius 2 is 2.00 bits per heavy atom. The number of nitrogens with two attached hydrogens (primary N) is 1. The molecule has 0 aromatic heterocycles. The quantitative estimate of drug-likeness (QED) is 0.802. The molecule has 1 unspecified atom stereocenters. The van der Waals surface area contributed by atoms with Crippen molar-refractivity contribution in [1.82, 2.24) is 5.32 Å². The highest BCUT2D eigenvalue weighted by Gasteiger charge is 2.35. The fraction of sp³-hybridized carbons (Fsp3) is 0.562. The molecular formula is C16H24N2O. The number of benzene rings is 1. The van der Waals surface area contributed by atoms with Crippen LogP contribution in [0.5, 0.6) is 0 Å². The van der Waals surface area contributed by atoms with Crippen LogP contribution in [0.1, 0.15) is 54.6 Å². The first kappa shape index (κ1) is 13.9. The molecule has 1 amide bonds. The van der Waals surface area contributed by atoms with E-state index in [1.165, 1.54) is 12.8 Å². The average molecular weight is 260 g/mol. The summed E-state index contributed by atoms with van der Waals surface area (Å²) in [7, 11) is 0. The van der Waals surface area contributed by atoms with E-state index in [1.54, 1.807) is 6.07 Å². The van der Waals surface area contributed by atoms with Crippen LogP contribution in [0.4, 0.5) is 5.69 Å². The molecule has 3 N–H and O–H groups in total. The van der Waals surface area contributed by atoms with Gasteiger partial charge in [-0.1, -0.05) is 26.3 Å². The molecule has 0 heterocycles. The third kappa shape index (κ3) is 2.75. The second kappa shape index (κ2) is 4.87. The van der Waals surface area contributed by atoms with E-state index < -0.39 is 0 Å². The van der Waals surface area contributed by atoms with E-state index in [-0.39, 0.29) is 17.4 Å². The lowest BCUT2D eigenvalue weighted by Gasteiger charge is -2.28. The predicted molar refractivity (Wildman–Crippen MR) is 79.2 cm³/mol. The van der Waals surface area contributed by atoms with Gasteiger partial charge in [-0.05, 0) is 49.3 Å². The normalized spacial score (nSPS) is 21.4. The summed E-state index contributed by atoms with van der Waals surface area (Å²) in [6, 6.07) is 4.04.